The van der Waals surface area contributed by atoms with Crippen molar-refractivity contribution in [3.8, 4) is 5.75 Å². The fourth-order valence-electron chi connectivity index (χ4n) is 3.17. The largest absolute Gasteiger partial charge is 0.493 e. The molecule has 0 saturated heterocycles. The Morgan fingerprint density at radius 3 is 2.48 bits per heavy atom. The summed E-state index contributed by atoms with van der Waals surface area (Å²) in [5.41, 5.74) is 0.370. The maximum atomic E-state index is 12.2. The molecule has 1 saturated carbocycles. The first-order chi connectivity index (χ1) is 13.3. The molecule has 0 unspecified atom stereocenters. The Bertz CT molecular complexity index is 923. The molecule has 1 fully saturated rings. The number of halogens is 1. The molecule has 0 radical (unpaired) electrons. The third-order valence-electron chi connectivity index (χ3n) is 4.76. The Kier molecular flexibility index (Phi) is 7.59. The van der Waals surface area contributed by atoms with Gasteiger partial charge >= 0.3 is 0 Å². The second kappa shape index (κ2) is 9.53. The predicted molar refractivity (Wildman–Crippen MR) is 108 cm³/mol. The third-order valence-corrected chi connectivity index (χ3v) is 5.89. The lowest BCUT2D eigenvalue weighted by Crippen LogP contribution is -2.43. The van der Waals surface area contributed by atoms with Crippen LogP contribution in [-0.2, 0) is 9.84 Å². The van der Waals surface area contributed by atoms with Crippen LogP contribution in [0.25, 0.3) is 0 Å². The molecule has 10 heteroatoms. The monoisotopic (exact) mass is 442 g/mol. The van der Waals surface area contributed by atoms with Crippen LogP contribution < -0.4 is 10.1 Å². The highest BCUT2D eigenvalue weighted by Gasteiger charge is 2.42. The second-order valence-corrected chi connectivity index (χ2v) is 8.87. The van der Waals surface area contributed by atoms with Crippen LogP contribution >= 0.6 is 12.4 Å². The lowest BCUT2D eigenvalue weighted by molar-refractivity contribution is 0.00252. The van der Waals surface area contributed by atoms with Gasteiger partial charge in [-0.05, 0) is 42.8 Å². The van der Waals surface area contributed by atoms with Crippen molar-refractivity contribution in [1.82, 2.24) is 10.3 Å². The first-order valence-corrected chi connectivity index (χ1v) is 10.6. The topological polar surface area (TPSA) is 126 Å². The van der Waals surface area contributed by atoms with E-state index in [1.807, 2.05) is 0 Å². The van der Waals surface area contributed by atoms with Crippen LogP contribution in [-0.4, -0.2) is 60.6 Å². The van der Waals surface area contributed by atoms with E-state index < -0.39 is 28.1 Å². The summed E-state index contributed by atoms with van der Waals surface area (Å²) in [7, 11) is -3.28. The minimum absolute atomic E-state index is 0. The first-order valence-electron chi connectivity index (χ1n) is 8.75. The van der Waals surface area contributed by atoms with Gasteiger partial charge in [-0.25, -0.2) is 8.42 Å². The van der Waals surface area contributed by atoms with Crippen LogP contribution in [0.2, 0.25) is 0 Å². The fraction of sp³-hybridized carbons (Fsp3) is 0.368. The molecule has 2 aromatic rings. The van der Waals surface area contributed by atoms with Gasteiger partial charge in [0.15, 0.2) is 9.84 Å². The van der Waals surface area contributed by atoms with Crippen LogP contribution in [0.1, 0.15) is 16.8 Å². The zero-order valence-electron chi connectivity index (χ0n) is 15.6. The lowest BCUT2D eigenvalue weighted by Gasteiger charge is -2.18. The number of rotatable bonds is 6. The van der Waals surface area contributed by atoms with Gasteiger partial charge in [0.05, 0.1) is 29.2 Å². The summed E-state index contributed by atoms with van der Waals surface area (Å²) in [6.07, 6.45) is 2.29. The molecule has 3 N–H and O–H groups in total. The molecular weight excluding hydrogens is 420 g/mol. The molecule has 8 nitrogen and oxygen atoms in total. The van der Waals surface area contributed by atoms with E-state index in [9.17, 15) is 23.4 Å². The minimum Gasteiger partial charge on any atom is -0.493 e. The van der Waals surface area contributed by atoms with Crippen LogP contribution in [0.5, 0.6) is 5.75 Å². The zero-order chi connectivity index (χ0) is 20.3. The van der Waals surface area contributed by atoms with Gasteiger partial charge in [0.1, 0.15) is 11.9 Å². The Labute approximate surface area is 175 Å². The van der Waals surface area contributed by atoms with Gasteiger partial charge < -0.3 is 20.3 Å². The maximum absolute atomic E-state index is 12.2. The highest BCUT2D eigenvalue weighted by Crippen LogP contribution is 2.28. The molecule has 0 aliphatic heterocycles. The van der Waals surface area contributed by atoms with Gasteiger partial charge in [0, 0.05) is 24.6 Å². The van der Waals surface area contributed by atoms with E-state index in [2.05, 4.69) is 10.3 Å². The number of pyridine rings is 1. The molecule has 3 rings (SSSR count). The van der Waals surface area contributed by atoms with Gasteiger partial charge in [0.2, 0.25) is 0 Å². The van der Waals surface area contributed by atoms with Crippen LogP contribution in [0.15, 0.2) is 53.7 Å². The predicted octanol–water partition coefficient (Wildman–Crippen LogP) is 0.826. The van der Waals surface area contributed by atoms with Crippen molar-refractivity contribution in [2.75, 3.05) is 12.9 Å². The Morgan fingerprint density at radius 1 is 1.21 bits per heavy atom. The number of carbonyl (C=O) groups is 1. The van der Waals surface area contributed by atoms with E-state index in [4.69, 9.17) is 4.74 Å². The smallest absolute Gasteiger partial charge is 0.253 e. The highest BCUT2D eigenvalue weighted by molar-refractivity contribution is 7.90. The summed E-state index contributed by atoms with van der Waals surface area (Å²) < 4.78 is 28.6. The SMILES string of the molecule is CS(=O)(=O)c1ccc(OC[C@H]2C[C@@H](NC(=O)c3cccnc3)[C@H](O)[C@@H]2O)cc1.Cl. The number of hydrogen-bond donors (Lipinski definition) is 3. The standard InChI is InChI=1S/C19H22N2O6S.ClH/c1-28(25,26)15-6-4-14(5-7-15)27-11-13-9-16(18(23)17(13)22)21-19(24)12-3-2-8-20-10-12;/h2-8,10,13,16-18,22-23H,9,11H2,1H3,(H,21,24);1H/t13-,16-,17-,18+;/m1./s1. The number of aliphatic hydroxyl groups is 2. The number of nitrogens with one attached hydrogen (secondary N) is 1. The van der Waals surface area contributed by atoms with Gasteiger partial charge in [0.25, 0.3) is 5.91 Å². The van der Waals surface area contributed by atoms with Crippen molar-refractivity contribution in [3.05, 3.63) is 54.4 Å². The molecule has 1 heterocycles. The quantitative estimate of drug-likeness (QED) is 0.604. The Morgan fingerprint density at radius 2 is 1.90 bits per heavy atom. The van der Waals surface area contributed by atoms with E-state index in [1.54, 1.807) is 18.3 Å². The van der Waals surface area contributed by atoms with E-state index in [1.165, 1.54) is 30.5 Å². The number of aliphatic hydroxyl groups excluding tert-OH is 2. The number of ether oxygens (including phenoxy) is 1. The van der Waals surface area contributed by atoms with Gasteiger partial charge in [-0.2, -0.15) is 0 Å². The number of sulfone groups is 1. The average Bonchev–Trinajstić information content (AvgIpc) is 2.94. The number of carbonyl (C=O) groups excluding carboxylic acids is 1. The maximum Gasteiger partial charge on any atom is 0.253 e. The summed E-state index contributed by atoms with van der Waals surface area (Å²) >= 11 is 0. The normalized spacial score (nSPS) is 23.8. The average molecular weight is 443 g/mol. The van der Waals surface area contributed by atoms with Gasteiger partial charge in [-0.1, -0.05) is 0 Å². The number of hydrogen-bond acceptors (Lipinski definition) is 7. The molecule has 1 aliphatic rings. The fourth-order valence-corrected chi connectivity index (χ4v) is 3.80. The zero-order valence-corrected chi connectivity index (χ0v) is 17.3. The summed E-state index contributed by atoms with van der Waals surface area (Å²) in [5.74, 6) is -0.303. The number of amides is 1. The van der Waals surface area contributed by atoms with Crippen molar-refractivity contribution >= 4 is 28.2 Å². The Balaban J connectivity index is 0.00000300. The molecule has 29 heavy (non-hydrogen) atoms. The number of benzene rings is 1. The Hall–Kier alpha value is -2.20. The molecule has 4 atom stereocenters. The summed E-state index contributed by atoms with van der Waals surface area (Å²) in [4.78, 5) is 16.3. The van der Waals surface area contributed by atoms with E-state index in [-0.39, 0.29) is 35.7 Å². The summed E-state index contributed by atoms with van der Waals surface area (Å²) in [6.45, 7) is 0.121. The number of nitrogens with zero attached hydrogens (tertiary/aromatic N) is 1. The third kappa shape index (κ3) is 5.66. The second-order valence-electron chi connectivity index (χ2n) is 6.85. The van der Waals surface area contributed by atoms with Crippen LogP contribution in [0.3, 0.4) is 0 Å². The lowest BCUT2D eigenvalue weighted by atomic mass is 10.1. The van der Waals surface area contributed by atoms with Crippen molar-refractivity contribution in [2.24, 2.45) is 5.92 Å². The molecular formula is C19H23ClN2O6S. The molecule has 1 aliphatic carbocycles. The number of aromatic nitrogens is 1. The molecule has 1 aromatic heterocycles. The van der Waals surface area contributed by atoms with Crippen molar-refractivity contribution in [2.45, 2.75) is 29.6 Å². The minimum atomic E-state index is -3.28. The van der Waals surface area contributed by atoms with E-state index >= 15 is 0 Å². The van der Waals surface area contributed by atoms with E-state index in [0.717, 1.165) is 6.26 Å². The van der Waals surface area contributed by atoms with E-state index in [0.29, 0.717) is 17.7 Å². The molecule has 1 amide bonds. The first kappa shape index (κ1) is 23.1. The van der Waals surface area contributed by atoms with Crippen LogP contribution in [0.4, 0.5) is 0 Å². The molecule has 1 aromatic carbocycles. The summed E-state index contributed by atoms with van der Waals surface area (Å²) in [6, 6.07) is 8.61. The highest BCUT2D eigenvalue weighted by atomic mass is 35.5. The molecule has 0 bridgehead atoms. The van der Waals surface area contributed by atoms with Crippen molar-refractivity contribution in [3.63, 3.8) is 0 Å². The van der Waals surface area contributed by atoms with Crippen LogP contribution in [0, 0.1) is 5.92 Å². The molecule has 158 valence electrons. The van der Waals surface area contributed by atoms with Crippen molar-refractivity contribution < 1.29 is 28.2 Å². The van der Waals surface area contributed by atoms with Gasteiger partial charge in [-0.3, -0.25) is 9.78 Å². The molecule has 0 spiro atoms. The van der Waals surface area contributed by atoms with Crippen molar-refractivity contribution in [1.29, 1.82) is 0 Å². The van der Waals surface area contributed by atoms with Gasteiger partial charge in [-0.15, -0.1) is 12.4 Å². The summed E-state index contributed by atoms with van der Waals surface area (Å²) in [5, 5.41) is 23.2.